The largest absolute Gasteiger partial charge is 0.355 e. The lowest BCUT2D eigenvalue weighted by atomic mass is 9.90. The third-order valence-corrected chi connectivity index (χ3v) is 3.41. The molecular weight excluding hydrogens is 176 g/mol. The Balaban J connectivity index is 2.35. The van der Waals surface area contributed by atoms with E-state index >= 15 is 0 Å². The first-order valence-electron chi connectivity index (χ1n) is 5.44. The van der Waals surface area contributed by atoms with Gasteiger partial charge in [-0.1, -0.05) is 20.8 Å². The Hall–Kier alpha value is -0.570. The van der Waals surface area contributed by atoms with E-state index < -0.39 is 0 Å². The molecule has 1 aliphatic rings. The van der Waals surface area contributed by atoms with Crippen molar-refractivity contribution in [3.63, 3.8) is 0 Å². The number of nitrogens with one attached hydrogen (secondary N) is 1. The molecule has 1 rings (SSSR count). The van der Waals surface area contributed by atoms with Gasteiger partial charge in [0.05, 0.1) is 5.41 Å². The molecule has 0 spiro atoms. The second kappa shape index (κ2) is 3.89. The Morgan fingerprint density at radius 3 is 2.43 bits per heavy atom. The highest BCUT2D eigenvalue weighted by molar-refractivity contribution is 5.85. The molecule has 0 radical (unpaired) electrons. The van der Waals surface area contributed by atoms with Crippen molar-refractivity contribution < 1.29 is 4.79 Å². The fourth-order valence-corrected chi connectivity index (χ4v) is 1.31. The standard InChI is InChI=1S/C11H22N2O/c1-4-10(2,3)8-13-9(14)11(7-12)5-6-11/h4-8,12H2,1-3H3,(H,13,14). The van der Waals surface area contributed by atoms with Crippen molar-refractivity contribution in [3.8, 4) is 0 Å². The maximum Gasteiger partial charge on any atom is 0.227 e. The summed E-state index contributed by atoms with van der Waals surface area (Å²) in [7, 11) is 0. The van der Waals surface area contributed by atoms with Crippen LogP contribution in [0.1, 0.15) is 40.0 Å². The van der Waals surface area contributed by atoms with E-state index in [4.69, 9.17) is 5.73 Å². The number of amides is 1. The average Bonchev–Trinajstić information content (AvgIpc) is 2.95. The maximum absolute atomic E-state index is 11.7. The molecule has 0 bridgehead atoms. The van der Waals surface area contributed by atoms with Crippen LogP contribution in [0.15, 0.2) is 0 Å². The molecule has 0 saturated heterocycles. The smallest absolute Gasteiger partial charge is 0.227 e. The van der Waals surface area contributed by atoms with Crippen LogP contribution in [0.3, 0.4) is 0 Å². The van der Waals surface area contributed by atoms with Crippen molar-refractivity contribution >= 4 is 5.91 Å². The number of hydrogen-bond donors (Lipinski definition) is 2. The van der Waals surface area contributed by atoms with Gasteiger partial charge in [-0.15, -0.1) is 0 Å². The fraction of sp³-hybridized carbons (Fsp3) is 0.909. The van der Waals surface area contributed by atoms with Crippen LogP contribution >= 0.6 is 0 Å². The molecule has 1 saturated carbocycles. The van der Waals surface area contributed by atoms with Crippen molar-refractivity contribution in [2.24, 2.45) is 16.6 Å². The number of carbonyl (C=O) groups is 1. The van der Waals surface area contributed by atoms with Crippen LogP contribution in [0, 0.1) is 10.8 Å². The number of rotatable bonds is 5. The summed E-state index contributed by atoms with van der Waals surface area (Å²) in [6.45, 7) is 7.71. The minimum Gasteiger partial charge on any atom is -0.355 e. The second-order valence-corrected chi connectivity index (χ2v) is 5.18. The van der Waals surface area contributed by atoms with Crippen LogP contribution in [-0.4, -0.2) is 19.0 Å². The topological polar surface area (TPSA) is 55.1 Å². The molecule has 0 aromatic rings. The summed E-state index contributed by atoms with van der Waals surface area (Å²) in [6.07, 6.45) is 2.99. The van der Waals surface area contributed by atoms with Gasteiger partial charge in [0.15, 0.2) is 0 Å². The molecule has 0 heterocycles. The van der Waals surface area contributed by atoms with Gasteiger partial charge in [0.2, 0.25) is 5.91 Å². The van der Waals surface area contributed by atoms with E-state index in [0.29, 0.717) is 6.54 Å². The molecule has 82 valence electrons. The first-order valence-corrected chi connectivity index (χ1v) is 5.44. The summed E-state index contributed by atoms with van der Waals surface area (Å²) in [5.74, 6) is 0.154. The molecule has 3 nitrogen and oxygen atoms in total. The molecule has 3 heteroatoms. The van der Waals surface area contributed by atoms with Crippen LogP contribution in [0.5, 0.6) is 0 Å². The van der Waals surface area contributed by atoms with Gasteiger partial charge in [-0.3, -0.25) is 4.79 Å². The molecule has 0 aliphatic heterocycles. The van der Waals surface area contributed by atoms with Crippen LogP contribution in [0.25, 0.3) is 0 Å². The summed E-state index contributed by atoms with van der Waals surface area (Å²) in [4.78, 5) is 11.7. The van der Waals surface area contributed by atoms with Crippen LogP contribution in [-0.2, 0) is 4.79 Å². The molecule has 0 aromatic heterocycles. The molecule has 3 N–H and O–H groups in total. The van der Waals surface area contributed by atoms with Crippen LogP contribution in [0.4, 0.5) is 0 Å². The van der Waals surface area contributed by atoms with Gasteiger partial charge >= 0.3 is 0 Å². The highest BCUT2D eigenvalue weighted by atomic mass is 16.2. The Labute approximate surface area is 86.4 Å². The molecule has 1 aliphatic carbocycles. The first kappa shape index (κ1) is 11.5. The summed E-state index contributed by atoms with van der Waals surface area (Å²) in [5.41, 5.74) is 5.57. The third kappa shape index (κ3) is 2.47. The highest BCUT2D eigenvalue weighted by Gasteiger charge is 2.48. The minimum absolute atomic E-state index is 0.154. The summed E-state index contributed by atoms with van der Waals surface area (Å²) in [6, 6.07) is 0. The number of hydrogen-bond acceptors (Lipinski definition) is 2. The lowest BCUT2D eigenvalue weighted by molar-refractivity contribution is -0.126. The fourth-order valence-electron chi connectivity index (χ4n) is 1.31. The van der Waals surface area contributed by atoms with Crippen molar-refractivity contribution in [1.82, 2.24) is 5.32 Å². The molecule has 0 atom stereocenters. The molecule has 0 unspecified atom stereocenters. The van der Waals surface area contributed by atoms with Gasteiger partial charge in [-0.25, -0.2) is 0 Å². The number of nitrogens with two attached hydrogens (primary N) is 1. The SMILES string of the molecule is CCC(C)(C)CNC(=O)C1(CN)CC1. The molecule has 1 fully saturated rings. The molecule has 14 heavy (non-hydrogen) atoms. The normalized spacial score (nSPS) is 19.1. The van der Waals surface area contributed by atoms with Gasteiger partial charge in [0.1, 0.15) is 0 Å². The third-order valence-electron chi connectivity index (χ3n) is 3.41. The van der Waals surface area contributed by atoms with Gasteiger partial charge in [0, 0.05) is 13.1 Å². The minimum atomic E-state index is -0.205. The Morgan fingerprint density at radius 1 is 1.50 bits per heavy atom. The second-order valence-electron chi connectivity index (χ2n) is 5.18. The molecule has 0 aromatic carbocycles. The van der Waals surface area contributed by atoms with Crippen molar-refractivity contribution in [1.29, 1.82) is 0 Å². The maximum atomic E-state index is 11.7. The van der Waals surface area contributed by atoms with Crippen LogP contribution in [0.2, 0.25) is 0 Å². The Kier molecular flexibility index (Phi) is 3.20. The van der Waals surface area contributed by atoms with E-state index in [0.717, 1.165) is 25.8 Å². The van der Waals surface area contributed by atoms with Gasteiger partial charge in [-0.05, 0) is 24.7 Å². The zero-order chi connectivity index (χ0) is 10.8. The van der Waals surface area contributed by atoms with E-state index in [9.17, 15) is 4.79 Å². The van der Waals surface area contributed by atoms with Crippen molar-refractivity contribution in [2.75, 3.05) is 13.1 Å². The van der Waals surface area contributed by atoms with Gasteiger partial charge < -0.3 is 11.1 Å². The monoisotopic (exact) mass is 198 g/mol. The van der Waals surface area contributed by atoms with E-state index in [1.54, 1.807) is 0 Å². The highest BCUT2D eigenvalue weighted by Crippen LogP contribution is 2.44. The Morgan fingerprint density at radius 2 is 2.07 bits per heavy atom. The predicted molar refractivity (Wildman–Crippen MR) is 57.8 cm³/mol. The van der Waals surface area contributed by atoms with Crippen LogP contribution < -0.4 is 11.1 Å². The molecule has 1 amide bonds. The van der Waals surface area contributed by atoms with E-state index in [1.807, 2.05) is 0 Å². The van der Waals surface area contributed by atoms with Gasteiger partial charge in [-0.2, -0.15) is 0 Å². The average molecular weight is 198 g/mol. The van der Waals surface area contributed by atoms with Gasteiger partial charge in [0.25, 0.3) is 0 Å². The van der Waals surface area contributed by atoms with E-state index in [2.05, 4.69) is 26.1 Å². The lowest BCUT2D eigenvalue weighted by Gasteiger charge is -2.24. The summed E-state index contributed by atoms with van der Waals surface area (Å²) >= 11 is 0. The lowest BCUT2D eigenvalue weighted by Crippen LogP contribution is -2.41. The zero-order valence-corrected chi connectivity index (χ0v) is 9.52. The number of carbonyl (C=O) groups excluding carboxylic acids is 1. The zero-order valence-electron chi connectivity index (χ0n) is 9.52. The summed E-state index contributed by atoms with van der Waals surface area (Å²) < 4.78 is 0. The van der Waals surface area contributed by atoms with E-state index in [-0.39, 0.29) is 16.7 Å². The Bertz CT molecular complexity index is 219. The molecular formula is C11H22N2O. The van der Waals surface area contributed by atoms with E-state index in [1.165, 1.54) is 0 Å². The summed E-state index contributed by atoms with van der Waals surface area (Å²) in [5, 5.41) is 3.01. The quantitative estimate of drug-likeness (QED) is 0.699. The first-order chi connectivity index (χ1) is 6.46. The van der Waals surface area contributed by atoms with Crippen molar-refractivity contribution in [3.05, 3.63) is 0 Å². The van der Waals surface area contributed by atoms with Crippen molar-refractivity contribution in [2.45, 2.75) is 40.0 Å². The predicted octanol–water partition coefficient (Wildman–Crippen LogP) is 1.28.